The van der Waals surface area contributed by atoms with E-state index in [0.29, 0.717) is 13.1 Å². The van der Waals surface area contributed by atoms with Gasteiger partial charge in [-0.2, -0.15) is 5.10 Å². The average molecular weight is 368 g/mol. The van der Waals surface area contributed by atoms with Gasteiger partial charge in [0.1, 0.15) is 11.8 Å². The lowest BCUT2D eigenvalue weighted by Gasteiger charge is -2.32. The van der Waals surface area contributed by atoms with Crippen LogP contribution in [-0.2, 0) is 24.8 Å². The van der Waals surface area contributed by atoms with Gasteiger partial charge in [-0.1, -0.05) is 0 Å². The summed E-state index contributed by atoms with van der Waals surface area (Å²) in [5.74, 6) is -0.0368. The molecule has 3 heterocycles. The third-order valence-electron chi connectivity index (χ3n) is 5.65. The maximum absolute atomic E-state index is 12.2. The molecular weight excluding hydrogens is 344 g/mol. The largest absolute Gasteiger partial charge is 0.497 e. The van der Waals surface area contributed by atoms with E-state index in [-0.39, 0.29) is 0 Å². The predicted molar refractivity (Wildman–Crippen MR) is 102 cm³/mol. The number of rotatable bonds is 4. The second kappa shape index (κ2) is 6.42. The number of nitrogens with zero attached hydrogens (tertiary/aromatic N) is 3. The van der Waals surface area contributed by atoms with Crippen LogP contribution in [0, 0.1) is 13.8 Å². The van der Waals surface area contributed by atoms with Gasteiger partial charge >= 0.3 is 5.97 Å². The molecule has 1 atom stereocenters. The summed E-state index contributed by atoms with van der Waals surface area (Å²) in [5, 5.41) is 15.5. The monoisotopic (exact) mass is 368 g/mol. The molecule has 1 aliphatic heterocycles. The van der Waals surface area contributed by atoms with Crippen molar-refractivity contribution in [3.05, 3.63) is 46.4 Å². The Morgan fingerprint density at radius 3 is 2.78 bits per heavy atom. The molecule has 2 N–H and O–H groups in total. The van der Waals surface area contributed by atoms with E-state index >= 15 is 0 Å². The zero-order valence-corrected chi connectivity index (χ0v) is 16.0. The number of hydrogen-bond acceptors (Lipinski definition) is 4. The van der Waals surface area contributed by atoms with Gasteiger partial charge in [0.25, 0.3) is 0 Å². The van der Waals surface area contributed by atoms with Gasteiger partial charge in [-0.25, -0.2) is 0 Å². The summed E-state index contributed by atoms with van der Waals surface area (Å²) in [6, 6.07) is 5.26. The highest BCUT2D eigenvalue weighted by Gasteiger charge is 2.35. The molecule has 4 rings (SSSR count). The predicted octanol–water partition coefficient (Wildman–Crippen LogP) is 2.71. The molecule has 1 aliphatic rings. The number of aryl methyl sites for hydroxylation is 2. The summed E-state index contributed by atoms with van der Waals surface area (Å²) in [5.41, 5.74) is 5.85. The van der Waals surface area contributed by atoms with E-state index in [4.69, 9.17) is 4.74 Å². The van der Waals surface area contributed by atoms with Crippen LogP contribution in [0.1, 0.15) is 34.3 Å². The second-order valence-corrected chi connectivity index (χ2v) is 7.16. The summed E-state index contributed by atoms with van der Waals surface area (Å²) >= 11 is 0. The van der Waals surface area contributed by atoms with Crippen LogP contribution in [0.25, 0.3) is 10.9 Å². The third-order valence-corrected chi connectivity index (χ3v) is 5.65. The first kappa shape index (κ1) is 17.6. The molecule has 0 saturated carbocycles. The highest BCUT2D eigenvalue weighted by atomic mass is 16.5. The highest BCUT2D eigenvalue weighted by molar-refractivity contribution is 5.86. The van der Waals surface area contributed by atoms with E-state index in [1.54, 1.807) is 11.8 Å². The van der Waals surface area contributed by atoms with Crippen LogP contribution >= 0.6 is 0 Å². The number of carboxylic acids is 1. The Morgan fingerprint density at radius 1 is 1.37 bits per heavy atom. The molecular formula is C20H24N4O3. The molecule has 0 amide bonds. The Kier molecular flexibility index (Phi) is 4.19. The van der Waals surface area contributed by atoms with Crippen molar-refractivity contribution in [2.45, 2.75) is 32.9 Å². The number of methoxy groups -OCH3 is 1. The van der Waals surface area contributed by atoms with Crippen molar-refractivity contribution >= 4 is 16.9 Å². The van der Waals surface area contributed by atoms with Crippen molar-refractivity contribution in [1.82, 2.24) is 19.7 Å². The first-order chi connectivity index (χ1) is 12.9. The lowest BCUT2D eigenvalue weighted by molar-refractivity contribution is -0.144. The first-order valence-corrected chi connectivity index (χ1v) is 9.05. The molecule has 2 aromatic heterocycles. The van der Waals surface area contributed by atoms with Crippen molar-refractivity contribution in [3.8, 4) is 5.75 Å². The number of nitrogens with one attached hydrogen (secondary N) is 1. The zero-order chi connectivity index (χ0) is 19.3. The van der Waals surface area contributed by atoms with Crippen molar-refractivity contribution in [1.29, 1.82) is 0 Å². The van der Waals surface area contributed by atoms with Crippen LogP contribution in [0.2, 0.25) is 0 Å². The average Bonchev–Trinajstić information content (AvgIpc) is 3.12. The van der Waals surface area contributed by atoms with E-state index in [1.165, 1.54) is 5.69 Å². The molecule has 0 spiro atoms. The summed E-state index contributed by atoms with van der Waals surface area (Å²) in [7, 11) is 3.51. The van der Waals surface area contributed by atoms with Crippen LogP contribution in [0.4, 0.5) is 0 Å². The number of fused-ring (bicyclic) bond motifs is 3. The number of aromatic amines is 1. The van der Waals surface area contributed by atoms with E-state index in [1.807, 2.05) is 44.0 Å². The Balaban J connectivity index is 1.76. The minimum Gasteiger partial charge on any atom is -0.497 e. The number of hydrogen-bond donors (Lipinski definition) is 2. The highest BCUT2D eigenvalue weighted by Crippen LogP contribution is 2.35. The molecule has 0 bridgehead atoms. The normalized spacial score (nSPS) is 15.7. The fourth-order valence-electron chi connectivity index (χ4n) is 4.21. The van der Waals surface area contributed by atoms with Gasteiger partial charge in [0.05, 0.1) is 12.8 Å². The lowest BCUT2D eigenvalue weighted by atomic mass is 9.98. The minimum absolute atomic E-state index is 0.577. The third kappa shape index (κ3) is 2.78. The Labute approximate surface area is 157 Å². The number of H-pyrrole nitrogens is 1. The summed E-state index contributed by atoms with van der Waals surface area (Å²) in [6.45, 7) is 5.07. The maximum atomic E-state index is 12.2. The molecule has 7 nitrogen and oxygen atoms in total. The molecule has 142 valence electrons. The standard InChI is InChI=1S/C20H24N4O3/c1-11-18(12(2)23(3)22-11)19(20(25)26)24-8-7-17-15(10-24)14-9-13(27-4)5-6-16(14)21-17/h5-6,9,19,21H,7-8,10H2,1-4H3,(H,25,26)/t19-/m1/s1. The molecule has 1 aromatic carbocycles. The molecule has 0 radical (unpaired) electrons. The van der Waals surface area contributed by atoms with Crippen molar-refractivity contribution in [3.63, 3.8) is 0 Å². The van der Waals surface area contributed by atoms with Crippen molar-refractivity contribution in [2.75, 3.05) is 13.7 Å². The zero-order valence-electron chi connectivity index (χ0n) is 16.0. The number of ether oxygens (including phenoxy) is 1. The summed E-state index contributed by atoms with van der Waals surface area (Å²) < 4.78 is 7.12. The quantitative estimate of drug-likeness (QED) is 0.740. The van der Waals surface area contributed by atoms with E-state index in [2.05, 4.69) is 10.1 Å². The Bertz CT molecular complexity index is 1030. The van der Waals surface area contributed by atoms with Crippen LogP contribution < -0.4 is 4.74 Å². The van der Waals surface area contributed by atoms with E-state index < -0.39 is 12.0 Å². The summed E-state index contributed by atoms with van der Waals surface area (Å²) in [4.78, 5) is 17.7. The van der Waals surface area contributed by atoms with Gasteiger partial charge in [-0.3, -0.25) is 14.4 Å². The summed E-state index contributed by atoms with van der Waals surface area (Å²) in [6.07, 6.45) is 0.786. The van der Waals surface area contributed by atoms with Gasteiger partial charge in [0.15, 0.2) is 0 Å². The number of benzene rings is 1. The van der Waals surface area contributed by atoms with Crippen LogP contribution in [0.15, 0.2) is 18.2 Å². The molecule has 0 saturated heterocycles. The van der Waals surface area contributed by atoms with E-state index in [9.17, 15) is 9.90 Å². The first-order valence-electron chi connectivity index (χ1n) is 9.05. The second-order valence-electron chi connectivity index (χ2n) is 7.16. The van der Waals surface area contributed by atoms with Crippen LogP contribution in [-0.4, -0.2) is 44.4 Å². The van der Waals surface area contributed by atoms with Gasteiger partial charge in [-0.15, -0.1) is 0 Å². The number of carbonyl (C=O) groups is 1. The maximum Gasteiger partial charge on any atom is 0.325 e. The SMILES string of the molecule is COc1ccc2[nH]c3c(c2c1)CN([C@@H](C(=O)O)c1c(C)nn(C)c1C)CC3. The smallest absolute Gasteiger partial charge is 0.325 e. The molecule has 27 heavy (non-hydrogen) atoms. The van der Waals surface area contributed by atoms with Gasteiger partial charge < -0.3 is 14.8 Å². The number of carboxylic acid groups (broad SMARTS) is 1. The Morgan fingerprint density at radius 2 is 2.15 bits per heavy atom. The number of aliphatic carboxylic acids is 1. The molecule has 0 fully saturated rings. The van der Waals surface area contributed by atoms with Gasteiger partial charge in [0, 0.05) is 54.4 Å². The lowest BCUT2D eigenvalue weighted by Crippen LogP contribution is -2.38. The van der Waals surface area contributed by atoms with Crippen molar-refractivity contribution < 1.29 is 14.6 Å². The van der Waals surface area contributed by atoms with E-state index in [0.717, 1.165) is 45.6 Å². The van der Waals surface area contributed by atoms with Crippen LogP contribution in [0.3, 0.4) is 0 Å². The fraction of sp³-hybridized carbons (Fsp3) is 0.400. The molecule has 7 heteroatoms. The van der Waals surface area contributed by atoms with Crippen LogP contribution in [0.5, 0.6) is 5.75 Å². The van der Waals surface area contributed by atoms with Gasteiger partial charge in [-0.05, 0) is 37.6 Å². The van der Waals surface area contributed by atoms with Gasteiger partial charge in [0.2, 0.25) is 0 Å². The van der Waals surface area contributed by atoms with Crippen molar-refractivity contribution in [2.24, 2.45) is 7.05 Å². The topological polar surface area (TPSA) is 83.4 Å². The molecule has 0 unspecified atom stereocenters. The molecule has 3 aromatic rings. The molecule has 0 aliphatic carbocycles. The number of aromatic nitrogens is 3. The minimum atomic E-state index is -0.838. The Hall–Kier alpha value is -2.80. The fourth-order valence-corrected chi connectivity index (χ4v) is 4.21.